The molecule has 0 heterocycles. The van der Waals surface area contributed by atoms with Gasteiger partial charge in [-0.3, -0.25) is 0 Å². The van der Waals surface area contributed by atoms with Gasteiger partial charge in [-0.2, -0.15) is 0 Å². The van der Waals surface area contributed by atoms with Crippen LogP contribution in [0, 0.1) is 5.92 Å². The van der Waals surface area contributed by atoms with Crippen molar-refractivity contribution in [2.75, 3.05) is 26.4 Å². The summed E-state index contributed by atoms with van der Waals surface area (Å²) in [5.74, 6) is 0.623. The van der Waals surface area contributed by atoms with Crippen molar-refractivity contribution in [2.24, 2.45) is 5.92 Å². The van der Waals surface area contributed by atoms with Gasteiger partial charge in [0.2, 0.25) is 0 Å². The summed E-state index contributed by atoms with van der Waals surface area (Å²) in [5, 5.41) is 0. The van der Waals surface area contributed by atoms with Crippen molar-refractivity contribution >= 4 is 0 Å². The normalized spacial score (nSPS) is 12.6. The highest BCUT2D eigenvalue weighted by molar-refractivity contribution is 4.52. The van der Waals surface area contributed by atoms with E-state index in [1.54, 1.807) is 0 Å². The van der Waals surface area contributed by atoms with E-state index >= 15 is 0 Å². The zero-order valence-corrected chi connectivity index (χ0v) is 19.2. The third-order valence-electron chi connectivity index (χ3n) is 5.44. The average molecular weight is 385 g/mol. The summed E-state index contributed by atoms with van der Waals surface area (Å²) >= 11 is 0. The molecule has 2 heteroatoms. The molecule has 0 saturated carbocycles. The van der Waals surface area contributed by atoms with E-state index in [9.17, 15) is 0 Å². The van der Waals surface area contributed by atoms with Gasteiger partial charge in [0.25, 0.3) is 0 Å². The van der Waals surface area contributed by atoms with E-state index in [-0.39, 0.29) is 0 Å². The molecular formula is C25H52O2. The zero-order chi connectivity index (χ0) is 19.8. The molecule has 0 saturated heterocycles. The van der Waals surface area contributed by atoms with E-state index in [2.05, 4.69) is 20.8 Å². The monoisotopic (exact) mass is 384 g/mol. The first kappa shape index (κ1) is 26.9. The van der Waals surface area contributed by atoms with Crippen LogP contribution in [0.25, 0.3) is 0 Å². The third kappa shape index (κ3) is 23.9. The number of rotatable bonds is 23. The minimum Gasteiger partial charge on any atom is -0.381 e. The highest BCUT2D eigenvalue weighted by Crippen LogP contribution is 2.10. The second-order valence-corrected chi connectivity index (χ2v) is 8.53. The van der Waals surface area contributed by atoms with E-state index in [0.29, 0.717) is 5.92 Å². The Morgan fingerprint density at radius 2 is 0.889 bits per heavy atom. The first-order valence-corrected chi connectivity index (χ1v) is 12.5. The molecule has 0 N–H and O–H groups in total. The number of unbranched alkanes of at least 4 members (excludes halogenated alkanes) is 14. The van der Waals surface area contributed by atoms with Crippen LogP contribution in [0.5, 0.6) is 0 Å². The molecule has 1 unspecified atom stereocenters. The fourth-order valence-electron chi connectivity index (χ4n) is 3.43. The standard InChI is InChI=1S/C25H52O2/c1-4-6-8-10-12-14-16-18-21-26-23-20-25(3)24-27-22-19-17-15-13-11-9-7-5-2/h25H,4-24H2,1-3H3. The second kappa shape index (κ2) is 24.0. The Kier molecular flexibility index (Phi) is 23.9. The van der Waals surface area contributed by atoms with Crippen molar-refractivity contribution in [2.45, 2.75) is 130 Å². The molecule has 0 aliphatic heterocycles. The molecule has 0 spiro atoms. The lowest BCUT2D eigenvalue weighted by atomic mass is 10.1. The Hall–Kier alpha value is -0.0800. The molecule has 0 amide bonds. The van der Waals surface area contributed by atoms with E-state index in [4.69, 9.17) is 9.47 Å². The van der Waals surface area contributed by atoms with Crippen LogP contribution in [-0.2, 0) is 9.47 Å². The Labute approximate surface area is 172 Å². The van der Waals surface area contributed by atoms with Crippen molar-refractivity contribution in [3.8, 4) is 0 Å². The van der Waals surface area contributed by atoms with Crippen LogP contribution >= 0.6 is 0 Å². The highest BCUT2D eigenvalue weighted by atomic mass is 16.5. The van der Waals surface area contributed by atoms with Gasteiger partial charge in [-0.15, -0.1) is 0 Å². The summed E-state index contributed by atoms with van der Waals surface area (Å²) in [5.41, 5.74) is 0. The lowest BCUT2D eigenvalue weighted by Gasteiger charge is -2.12. The van der Waals surface area contributed by atoms with Crippen molar-refractivity contribution in [1.29, 1.82) is 0 Å². The molecule has 0 bridgehead atoms. The topological polar surface area (TPSA) is 18.5 Å². The quantitative estimate of drug-likeness (QED) is 0.165. The van der Waals surface area contributed by atoms with E-state index in [1.165, 1.54) is 103 Å². The Morgan fingerprint density at radius 1 is 0.481 bits per heavy atom. The summed E-state index contributed by atoms with van der Waals surface area (Å²) in [6, 6.07) is 0. The molecule has 0 aliphatic rings. The van der Waals surface area contributed by atoms with E-state index in [0.717, 1.165) is 32.8 Å². The van der Waals surface area contributed by atoms with Crippen molar-refractivity contribution in [3.05, 3.63) is 0 Å². The van der Waals surface area contributed by atoms with Crippen molar-refractivity contribution in [1.82, 2.24) is 0 Å². The van der Waals surface area contributed by atoms with Gasteiger partial charge in [-0.05, 0) is 25.2 Å². The van der Waals surface area contributed by atoms with Gasteiger partial charge in [-0.25, -0.2) is 0 Å². The molecule has 0 aromatic rings. The lowest BCUT2D eigenvalue weighted by Crippen LogP contribution is -2.10. The van der Waals surface area contributed by atoms with Gasteiger partial charge < -0.3 is 9.47 Å². The van der Waals surface area contributed by atoms with Crippen molar-refractivity contribution in [3.63, 3.8) is 0 Å². The van der Waals surface area contributed by atoms with Crippen LogP contribution < -0.4 is 0 Å². The molecular weight excluding hydrogens is 332 g/mol. The first-order valence-electron chi connectivity index (χ1n) is 12.5. The summed E-state index contributed by atoms with van der Waals surface area (Å²) < 4.78 is 11.6. The zero-order valence-electron chi connectivity index (χ0n) is 19.2. The number of ether oxygens (including phenoxy) is 2. The molecule has 0 aromatic heterocycles. The molecule has 0 radical (unpaired) electrons. The van der Waals surface area contributed by atoms with Gasteiger partial charge in [0.1, 0.15) is 0 Å². The smallest absolute Gasteiger partial charge is 0.0492 e. The van der Waals surface area contributed by atoms with Crippen LogP contribution in [0.1, 0.15) is 130 Å². The lowest BCUT2D eigenvalue weighted by molar-refractivity contribution is 0.0727. The van der Waals surface area contributed by atoms with Gasteiger partial charge in [0.15, 0.2) is 0 Å². The minimum atomic E-state index is 0.623. The van der Waals surface area contributed by atoms with Crippen LogP contribution in [0.15, 0.2) is 0 Å². The fraction of sp³-hybridized carbons (Fsp3) is 1.00. The number of hydrogen-bond donors (Lipinski definition) is 0. The van der Waals surface area contributed by atoms with Crippen molar-refractivity contribution < 1.29 is 9.47 Å². The molecule has 1 atom stereocenters. The van der Waals surface area contributed by atoms with Crippen LogP contribution in [0.2, 0.25) is 0 Å². The summed E-state index contributed by atoms with van der Waals surface area (Å²) in [6.45, 7) is 10.5. The van der Waals surface area contributed by atoms with Crippen LogP contribution in [0.4, 0.5) is 0 Å². The molecule has 0 rings (SSSR count). The van der Waals surface area contributed by atoms with Gasteiger partial charge in [-0.1, -0.05) is 111 Å². The minimum absolute atomic E-state index is 0.623. The second-order valence-electron chi connectivity index (χ2n) is 8.53. The average Bonchev–Trinajstić information content (AvgIpc) is 2.67. The Balaban J connectivity index is 3.12. The van der Waals surface area contributed by atoms with Gasteiger partial charge in [0.05, 0.1) is 0 Å². The maximum atomic E-state index is 5.84. The summed E-state index contributed by atoms with van der Waals surface area (Å²) in [6.07, 6.45) is 23.0. The molecule has 0 aromatic carbocycles. The summed E-state index contributed by atoms with van der Waals surface area (Å²) in [7, 11) is 0. The van der Waals surface area contributed by atoms with Crippen LogP contribution in [-0.4, -0.2) is 26.4 Å². The molecule has 0 fully saturated rings. The predicted octanol–water partition coefficient (Wildman–Crippen LogP) is 8.33. The van der Waals surface area contributed by atoms with Gasteiger partial charge in [0, 0.05) is 26.4 Å². The maximum absolute atomic E-state index is 5.84. The summed E-state index contributed by atoms with van der Waals surface area (Å²) in [4.78, 5) is 0. The molecule has 27 heavy (non-hydrogen) atoms. The molecule has 2 nitrogen and oxygen atoms in total. The van der Waals surface area contributed by atoms with E-state index < -0.39 is 0 Å². The number of hydrogen-bond acceptors (Lipinski definition) is 2. The molecule has 164 valence electrons. The van der Waals surface area contributed by atoms with E-state index in [1.807, 2.05) is 0 Å². The maximum Gasteiger partial charge on any atom is 0.0492 e. The predicted molar refractivity (Wildman–Crippen MR) is 121 cm³/mol. The molecule has 0 aliphatic carbocycles. The first-order chi connectivity index (χ1) is 13.3. The Morgan fingerprint density at radius 3 is 1.37 bits per heavy atom. The largest absolute Gasteiger partial charge is 0.381 e. The fourth-order valence-corrected chi connectivity index (χ4v) is 3.43. The Bertz CT molecular complexity index is 255. The SMILES string of the molecule is CCCCCCCCCCOCCC(C)COCCCCCCCCCC. The third-order valence-corrected chi connectivity index (χ3v) is 5.44. The van der Waals surface area contributed by atoms with Crippen LogP contribution in [0.3, 0.4) is 0 Å². The van der Waals surface area contributed by atoms with Gasteiger partial charge >= 0.3 is 0 Å². The highest BCUT2D eigenvalue weighted by Gasteiger charge is 2.02.